The van der Waals surface area contributed by atoms with Crippen LogP contribution in [-0.4, -0.2) is 5.91 Å². The average molecular weight is 281 g/mol. The number of amides is 1. The molecule has 1 unspecified atom stereocenters. The molecule has 0 heterocycles. The van der Waals surface area contributed by atoms with Gasteiger partial charge in [-0.25, -0.2) is 0 Å². The van der Waals surface area contributed by atoms with Gasteiger partial charge in [-0.05, 0) is 23.6 Å². The minimum atomic E-state index is -0.363. The van der Waals surface area contributed by atoms with E-state index in [1.54, 1.807) is 0 Å². The quantitative estimate of drug-likeness (QED) is 0.876. The number of benzene rings is 2. The second-order valence-electron chi connectivity index (χ2n) is 6.43. The van der Waals surface area contributed by atoms with E-state index in [-0.39, 0.29) is 17.4 Å². The van der Waals surface area contributed by atoms with Crippen LogP contribution in [0.15, 0.2) is 54.6 Å². The molecule has 21 heavy (non-hydrogen) atoms. The van der Waals surface area contributed by atoms with Crippen molar-refractivity contribution in [3.05, 3.63) is 60.2 Å². The molecule has 0 bridgehead atoms. The number of carbonyl (C=O) groups is 1. The first-order valence-electron chi connectivity index (χ1n) is 7.34. The van der Waals surface area contributed by atoms with Crippen molar-refractivity contribution < 1.29 is 4.79 Å². The van der Waals surface area contributed by atoms with Crippen LogP contribution in [0.5, 0.6) is 0 Å². The van der Waals surface area contributed by atoms with E-state index in [4.69, 9.17) is 0 Å². The van der Waals surface area contributed by atoms with Crippen molar-refractivity contribution in [1.29, 1.82) is 0 Å². The van der Waals surface area contributed by atoms with Crippen LogP contribution >= 0.6 is 0 Å². The van der Waals surface area contributed by atoms with Gasteiger partial charge in [-0.2, -0.15) is 0 Å². The summed E-state index contributed by atoms with van der Waals surface area (Å²) < 4.78 is 0. The molecule has 1 N–H and O–H groups in total. The molecule has 2 heteroatoms. The lowest BCUT2D eigenvalue weighted by Gasteiger charge is -2.22. The maximum atomic E-state index is 12.0. The molecule has 0 radical (unpaired) electrons. The Bertz CT molecular complexity index is 594. The summed E-state index contributed by atoms with van der Waals surface area (Å²) >= 11 is 0. The molecule has 110 valence electrons. The number of carbonyl (C=O) groups excluding carboxylic acids is 1. The molecule has 0 fully saturated rings. The van der Waals surface area contributed by atoms with Crippen LogP contribution in [0.2, 0.25) is 0 Å². The van der Waals surface area contributed by atoms with E-state index in [2.05, 4.69) is 41.7 Å². The molecule has 0 aliphatic rings. The third kappa shape index (κ3) is 3.94. The lowest BCUT2D eigenvalue weighted by molar-refractivity contribution is -0.129. The van der Waals surface area contributed by atoms with E-state index in [1.807, 2.05) is 45.9 Å². The summed E-state index contributed by atoms with van der Waals surface area (Å²) in [5.41, 5.74) is 3.15. The molecular weight excluding hydrogens is 258 g/mol. The Morgan fingerprint density at radius 3 is 1.95 bits per heavy atom. The largest absolute Gasteiger partial charge is 0.349 e. The summed E-state index contributed by atoms with van der Waals surface area (Å²) in [6.07, 6.45) is 0. The van der Waals surface area contributed by atoms with Gasteiger partial charge in [0.15, 0.2) is 0 Å². The van der Waals surface area contributed by atoms with Crippen LogP contribution in [0.1, 0.15) is 39.3 Å². The van der Waals surface area contributed by atoms with E-state index < -0.39 is 0 Å². The summed E-state index contributed by atoms with van der Waals surface area (Å²) in [6.45, 7) is 7.79. The Kier molecular flexibility index (Phi) is 4.46. The van der Waals surface area contributed by atoms with Crippen LogP contribution in [0.3, 0.4) is 0 Å². The molecule has 0 spiro atoms. The zero-order valence-electron chi connectivity index (χ0n) is 13.2. The van der Waals surface area contributed by atoms with Crippen molar-refractivity contribution in [2.75, 3.05) is 0 Å². The first-order chi connectivity index (χ1) is 9.88. The Morgan fingerprint density at radius 2 is 1.43 bits per heavy atom. The standard InChI is InChI=1S/C19H23NO/c1-14(20-18(21)19(2,3)4)15-10-12-17(13-11-15)16-8-6-5-7-9-16/h5-14H,1-4H3,(H,20,21). The van der Waals surface area contributed by atoms with Gasteiger partial charge in [0.1, 0.15) is 0 Å². The second kappa shape index (κ2) is 6.13. The Morgan fingerprint density at radius 1 is 0.905 bits per heavy atom. The SMILES string of the molecule is CC(NC(=O)C(C)(C)C)c1ccc(-c2ccccc2)cc1. The van der Waals surface area contributed by atoms with Gasteiger partial charge in [0.2, 0.25) is 5.91 Å². The maximum Gasteiger partial charge on any atom is 0.225 e. The molecule has 0 aliphatic carbocycles. The highest BCUT2D eigenvalue weighted by Crippen LogP contribution is 2.22. The van der Waals surface area contributed by atoms with Crippen LogP contribution in [-0.2, 0) is 4.79 Å². The number of nitrogens with one attached hydrogen (secondary N) is 1. The Balaban J connectivity index is 2.10. The third-order valence-corrected chi connectivity index (χ3v) is 3.55. The van der Waals surface area contributed by atoms with Gasteiger partial charge in [-0.1, -0.05) is 75.4 Å². The molecule has 2 aromatic rings. The van der Waals surface area contributed by atoms with E-state index in [9.17, 15) is 4.79 Å². The van der Waals surface area contributed by atoms with Gasteiger partial charge in [0.05, 0.1) is 6.04 Å². The van der Waals surface area contributed by atoms with Crippen molar-refractivity contribution in [3.8, 4) is 11.1 Å². The number of hydrogen-bond donors (Lipinski definition) is 1. The summed E-state index contributed by atoms with van der Waals surface area (Å²) in [4.78, 5) is 12.0. The monoisotopic (exact) mass is 281 g/mol. The molecule has 2 aromatic carbocycles. The van der Waals surface area contributed by atoms with E-state index in [0.717, 1.165) is 5.56 Å². The predicted molar refractivity (Wildman–Crippen MR) is 87.9 cm³/mol. The maximum absolute atomic E-state index is 12.0. The Labute approximate surface area is 127 Å². The van der Waals surface area contributed by atoms with Crippen molar-refractivity contribution in [1.82, 2.24) is 5.32 Å². The van der Waals surface area contributed by atoms with Crippen LogP contribution < -0.4 is 5.32 Å². The number of rotatable bonds is 3. The minimum absolute atomic E-state index is 0.0153. The molecule has 2 nitrogen and oxygen atoms in total. The fourth-order valence-corrected chi connectivity index (χ4v) is 2.09. The van der Waals surface area contributed by atoms with Gasteiger partial charge < -0.3 is 5.32 Å². The van der Waals surface area contributed by atoms with Crippen molar-refractivity contribution in [2.45, 2.75) is 33.7 Å². The first-order valence-corrected chi connectivity index (χ1v) is 7.34. The van der Waals surface area contributed by atoms with E-state index >= 15 is 0 Å². The molecule has 0 aliphatic heterocycles. The number of hydrogen-bond acceptors (Lipinski definition) is 1. The highest BCUT2D eigenvalue weighted by atomic mass is 16.2. The fraction of sp³-hybridized carbons (Fsp3) is 0.316. The molecule has 2 rings (SSSR count). The van der Waals surface area contributed by atoms with Crippen LogP contribution in [0.4, 0.5) is 0 Å². The lowest BCUT2D eigenvalue weighted by atomic mass is 9.94. The van der Waals surface area contributed by atoms with Gasteiger partial charge >= 0.3 is 0 Å². The molecule has 0 aromatic heterocycles. The molecule has 0 saturated carbocycles. The summed E-state index contributed by atoms with van der Waals surface area (Å²) in [7, 11) is 0. The molecule has 1 amide bonds. The molecule has 0 saturated heterocycles. The van der Waals surface area contributed by atoms with E-state index in [0.29, 0.717) is 0 Å². The zero-order chi connectivity index (χ0) is 15.5. The first kappa shape index (κ1) is 15.3. The third-order valence-electron chi connectivity index (χ3n) is 3.55. The topological polar surface area (TPSA) is 29.1 Å². The zero-order valence-corrected chi connectivity index (χ0v) is 13.2. The van der Waals surface area contributed by atoms with Gasteiger partial charge in [0, 0.05) is 5.41 Å². The average Bonchev–Trinajstić information content (AvgIpc) is 2.47. The van der Waals surface area contributed by atoms with Gasteiger partial charge in [-0.15, -0.1) is 0 Å². The van der Waals surface area contributed by atoms with Crippen molar-refractivity contribution in [2.24, 2.45) is 5.41 Å². The highest BCUT2D eigenvalue weighted by Gasteiger charge is 2.22. The van der Waals surface area contributed by atoms with Gasteiger partial charge in [-0.3, -0.25) is 4.79 Å². The van der Waals surface area contributed by atoms with Crippen LogP contribution in [0, 0.1) is 5.41 Å². The second-order valence-corrected chi connectivity index (χ2v) is 6.43. The van der Waals surface area contributed by atoms with Gasteiger partial charge in [0.25, 0.3) is 0 Å². The fourth-order valence-electron chi connectivity index (χ4n) is 2.09. The highest BCUT2D eigenvalue weighted by molar-refractivity contribution is 5.81. The molecule has 1 atom stereocenters. The summed E-state index contributed by atoms with van der Waals surface area (Å²) in [5, 5.41) is 3.06. The van der Waals surface area contributed by atoms with Crippen molar-refractivity contribution >= 4 is 5.91 Å². The van der Waals surface area contributed by atoms with Crippen LogP contribution in [0.25, 0.3) is 11.1 Å². The minimum Gasteiger partial charge on any atom is -0.349 e. The van der Waals surface area contributed by atoms with Crippen molar-refractivity contribution in [3.63, 3.8) is 0 Å². The summed E-state index contributed by atoms with van der Waals surface area (Å²) in [5.74, 6) is 0.0714. The lowest BCUT2D eigenvalue weighted by Crippen LogP contribution is -2.36. The summed E-state index contributed by atoms with van der Waals surface area (Å²) in [6, 6.07) is 18.7. The molecular formula is C19H23NO. The van der Waals surface area contributed by atoms with E-state index in [1.165, 1.54) is 11.1 Å². The normalized spacial score (nSPS) is 12.8. The Hall–Kier alpha value is -2.09. The smallest absolute Gasteiger partial charge is 0.225 e. The predicted octanol–water partition coefficient (Wildman–Crippen LogP) is 4.58.